The summed E-state index contributed by atoms with van der Waals surface area (Å²) in [6.45, 7) is 16.6. The van der Waals surface area contributed by atoms with Crippen molar-refractivity contribution in [3.63, 3.8) is 0 Å². The molecule has 4 heteroatoms. The van der Waals surface area contributed by atoms with Crippen LogP contribution in [0, 0.1) is 19.3 Å². The average molecular weight is 366 g/mol. The Morgan fingerprint density at radius 1 is 0.963 bits per heavy atom. The number of hydrogen-bond donors (Lipinski definition) is 0. The second-order valence-corrected chi connectivity index (χ2v) is 9.19. The molecule has 0 saturated heterocycles. The zero-order valence-corrected chi connectivity index (χ0v) is 17.7. The number of nitrogens with zero attached hydrogens (tertiary/aromatic N) is 3. The minimum atomic E-state index is -0.566. The highest BCUT2D eigenvalue weighted by Crippen LogP contribution is 2.70. The number of likely N-dealkylation sites (N-methyl/N-ethyl adjacent to an activating group) is 1. The van der Waals surface area contributed by atoms with Crippen molar-refractivity contribution in [2.45, 2.75) is 72.1 Å². The van der Waals surface area contributed by atoms with Crippen molar-refractivity contribution in [1.82, 2.24) is 14.9 Å². The first-order chi connectivity index (χ1) is 12.6. The summed E-state index contributed by atoms with van der Waals surface area (Å²) in [7, 11) is 0. The van der Waals surface area contributed by atoms with Crippen LogP contribution in [0.2, 0.25) is 0 Å². The highest BCUT2D eigenvalue weighted by Gasteiger charge is 2.73. The topological polar surface area (TPSA) is 46.1 Å². The predicted octanol–water partition coefficient (Wildman–Crippen LogP) is 4.44. The van der Waals surface area contributed by atoms with E-state index in [9.17, 15) is 4.79 Å². The summed E-state index contributed by atoms with van der Waals surface area (Å²) in [5, 5.41) is 0. The van der Waals surface area contributed by atoms with Crippen LogP contribution in [0.3, 0.4) is 0 Å². The van der Waals surface area contributed by atoms with Crippen LogP contribution < -0.4 is 0 Å². The highest BCUT2D eigenvalue weighted by atomic mass is 16.2. The van der Waals surface area contributed by atoms with Gasteiger partial charge in [-0.25, -0.2) is 9.97 Å². The van der Waals surface area contributed by atoms with E-state index in [-0.39, 0.29) is 16.7 Å². The van der Waals surface area contributed by atoms with Crippen LogP contribution in [0.1, 0.15) is 70.0 Å². The number of fused-ring (bicyclic) bond motifs is 6. The van der Waals surface area contributed by atoms with Crippen molar-refractivity contribution in [2.24, 2.45) is 5.41 Å². The molecule has 144 valence electrons. The van der Waals surface area contributed by atoms with Crippen LogP contribution in [-0.4, -0.2) is 33.9 Å². The summed E-state index contributed by atoms with van der Waals surface area (Å²) < 4.78 is 0. The molecule has 2 aliphatic rings. The molecule has 1 aromatic heterocycles. The summed E-state index contributed by atoms with van der Waals surface area (Å²) >= 11 is 0. The lowest BCUT2D eigenvalue weighted by molar-refractivity contribution is -0.141. The Bertz CT molecular complexity index is 960. The molecule has 2 atom stereocenters. The van der Waals surface area contributed by atoms with E-state index in [0.29, 0.717) is 0 Å². The SMILES string of the molecule is CCN(CC)C(=O)C12CCC(C)(c3nc4cc(C)c(C)cc4nc31)C2(C)C. The van der Waals surface area contributed by atoms with Crippen molar-refractivity contribution in [1.29, 1.82) is 0 Å². The van der Waals surface area contributed by atoms with Crippen LogP contribution in [0.4, 0.5) is 0 Å². The van der Waals surface area contributed by atoms with Gasteiger partial charge < -0.3 is 4.90 Å². The van der Waals surface area contributed by atoms with Crippen LogP contribution in [-0.2, 0) is 15.6 Å². The van der Waals surface area contributed by atoms with E-state index < -0.39 is 5.41 Å². The first-order valence-corrected chi connectivity index (χ1v) is 10.2. The Kier molecular flexibility index (Phi) is 3.76. The molecule has 1 saturated carbocycles. The molecule has 2 unspecified atom stereocenters. The van der Waals surface area contributed by atoms with Crippen LogP contribution in [0.15, 0.2) is 12.1 Å². The second kappa shape index (κ2) is 5.52. The van der Waals surface area contributed by atoms with Gasteiger partial charge in [-0.15, -0.1) is 0 Å². The van der Waals surface area contributed by atoms with Gasteiger partial charge in [0.25, 0.3) is 0 Å². The molecule has 4 nitrogen and oxygen atoms in total. The molecule has 1 fully saturated rings. The maximum atomic E-state index is 13.8. The molecular weight excluding hydrogens is 334 g/mol. The third kappa shape index (κ3) is 1.97. The van der Waals surface area contributed by atoms with Gasteiger partial charge in [-0.3, -0.25) is 4.79 Å². The van der Waals surface area contributed by atoms with E-state index in [0.717, 1.165) is 48.4 Å². The van der Waals surface area contributed by atoms with Gasteiger partial charge in [0.15, 0.2) is 0 Å². The minimum Gasteiger partial charge on any atom is -0.342 e. The van der Waals surface area contributed by atoms with Crippen molar-refractivity contribution in [3.05, 3.63) is 34.6 Å². The quantitative estimate of drug-likeness (QED) is 0.807. The molecule has 0 N–H and O–H groups in total. The Morgan fingerprint density at radius 3 is 2.00 bits per heavy atom. The molecule has 1 amide bonds. The standard InChI is InChI=1S/C23H31N3O/c1-8-26(9-2)20(27)23-11-10-22(7,21(23,5)6)18-19(23)25-17-13-15(4)14(3)12-16(17)24-18/h12-13H,8-11H2,1-7H3. The van der Waals surface area contributed by atoms with Gasteiger partial charge in [-0.05, 0) is 69.2 Å². The number of hydrogen-bond acceptors (Lipinski definition) is 3. The molecular formula is C23H31N3O. The van der Waals surface area contributed by atoms with Crippen molar-refractivity contribution in [3.8, 4) is 0 Å². The van der Waals surface area contributed by atoms with E-state index >= 15 is 0 Å². The Hall–Kier alpha value is -1.97. The van der Waals surface area contributed by atoms with Crippen molar-refractivity contribution in [2.75, 3.05) is 13.1 Å². The van der Waals surface area contributed by atoms with E-state index in [1.807, 2.05) is 4.90 Å². The van der Waals surface area contributed by atoms with Gasteiger partial charge >= 0.3 is 0 Å². The lowest BCUT2D eigenvalue weighted by atomic mass is 9.63. The minimum absolute atomic E-state index is 0.120. The largest absolute Gasteiger partial charge is 0.342 e. The van der Waals surface area contributed by atoms with Gasteiger partial charge in [-0.2, -0.15) is 0 Å². The third-order valence-corrected chi connectivity index (χ3v) is 8.07. The van der Waals surface area contributed by atoms with Gasteiger partial charge in [0.05, 0.1) is 27.8 Å². The van der Waals surface area contributed by atoms with Gasteiger partial charge in [0.2, 0.25) is 5.91 Å². The first-order valence-electron chi connectivity index (χ1n) is 10.2. The van der Waals surface area contributed by atoms with Crippen molar-refractivity contribution >= 4 is 16.9 Å². The van der Waals surface area contributed by atoms with E-state index in [2.05, 4.69) is 60.6 Å². The molecule has 2 aliphatic carbocycles. The maximum Gasteiger partial charge on any atom is 0.235 e. The monoisotopic (exact) mass is 365 g/mol. The molecule has 4 rings (SSSR count). The van der Waals surface area contributed by atoms with Gasteiger partial charge in [0, 0.05) is 18.5 Å². The van der Waals surface area contributed by atoms with E-state index in [4.69, 9.17) is 9.97 Å². The van der Waals surface area contributed by atoms with Crippen LogP contribution in [0.5, 0.6) is 0 Å². The predicted molar refractivity (Wildman–Crippen MR) is 109 cm³/mol. The molecule has 0 radical (unpaired) electrons. The lowest BCUT2D eigenvalue weighted by Gasteiger charge is -2.41. The summed E-state index contributed by atoms with van der Waals surface area (Å²) in [4.78, 5) is 26.0. The first kappa shape index (κ1) is 18.4. The zero-order valence-electron chi connectivity index (χ0n) is 17.7. The summed E-state index contributed by atoms with van der Waals surface area (Å²) in [6.07, 6.45) is 1.86. The fourth-order valence-corrected chi connectivity index (χ4v) is 5.61. The Labute approximate surface area is 162 Å². The number of rotatable bonds is 3. The molecule has 2 aromatic rings. The second-order valence-electron chi connectivity index (χ2n) is 9.19. The van der Waals surface area contributed by atoms with Crippen LogP contribution in [0.25, 0.3) is 11.0 Å². The van der Waals surface area contributed by atoms with Crippen molar-refractivity contribution < 1.29 is 4.79 Å². The van der Waals surface area contributed by atoms with E-state index in [1.54, 1.807) is 0 Å². The average Bonchev–Trinajstić information content (AvgIpc) is 2.91. The maximum absolute atomic E-state index is 13.8. The van der Waals surface area contributed by atoms with Gasteiger partial charge in [-0.1, -0.05) is 20.8 Å². The molecule has 0 aliphatic heterocycles. The fourth-order valence-electron chi connectivity index (χ4n) is 5.61. The number of amides is 1. The molecule has 2 bridgehead atoms. The normalized spacial score (nSPS) is 27.8. The van der Waals surface area contributed by atoms with E-state index in [1.165, 1.54) is 11.1 Å². The third-order valence-electron chi connectivity index (χ3n) is 8.07. The summed E-state index contributed by atoms with van der Waals surface area (Å²) in [5.41, 5.74) is 5.41. The zero-order chi connectivity index (χ0) is 19.8. The number of aryl methyl sites for hydroxylation is 2. The summed E-state index contributed by atoms with van der Waals surface area (Å²) in [5.74, 6) is 0.234. The molecule has 0 spiro atoms. The smallest absolute Gasteiger partial charge is 0.235 e. The molecule has 1 heterocycles. The van der Waals surface area contributed by atoms with Crippen LogP contribution >= 0.6 is 0 Å². The summed E-state index contributed by atoms with van der Waals surface area (Å²) in [6, 6.07) is 4.26. The Morgan fingerprint density at radius 2 is 1.48 bits per heavy atom. The molecule has 1 aromatic carbocycles. The molecule has 27 heavy (non-hydrogen) atoms. The van der Waals surface area contributed by atoms with Gasteiger partial charge in [0.1, 0.15) is 0 Å². The number of carbonyl (C=O) groups is 1. The number of benzene rings is 1. The Balaban J connectivity index is 2.04. The highest BCUT2D eigenvalue weighted by molar-refractivity contribution is 5.93. The number of carbonyl (C=O) groups excluding carboxylic acids is 1. The fraction of sp³-hybridized carbons (Fsp3) is 0.609. The lowest BCUT2D eigenvalue weighted by Crippen LogP contribution is -2.52. The number of aromatic nitrogens is 2.